The molecule has 0 bridgehead atoms. The Labute approximate surface area is 130 Å². The highest BCUT2D eigenvalue weighted by molar-refractivity contribution is 6.31. The van der Waals surface area contributed by atoms with Gasteiger partial charge in [0.25, 0.3) is 0 Å². The van der Waals surface area contributed by atoms with Crippen LogP contribution in [0.4, 0.5) is 5.69 Å². The number of anilines is 1. The molecule has 1 saturated carbocycles. The van der Waals surface area contributed by atoms with Crippen molar-refractivity contribution in [3.05, 3.63) is 28.8 Å². The van der Waals surface area contributed by atoms with E-state index in [4.69, 9.17) is 11.6 Å². The van der Waals surface area contributed by atoms with E-state index in [9.17, 15) is 9.59 Å². The van der Waals surface area contributed by atoms with Crippen LogP contribution in [0.1, 0.15) is 37.7 Å². The number of rotatable bonds is 5. The van der Waals surface area contributed by atoms with E-state index in [1.54, 1.807) is 12.1 Å². The molecule has 1 fully saturated rings. The summed E-state index contributed by atoms with van der Waals surface area (Å²) in [5.74, 6) is 0.106. The Kier molecular flexibility index (Phi) is 5.62. The van der Waals surface area contributed by atoms with E-state index in [1.807, 2.05) is 13.0 Å². The van der Waals surface area contributed by atoms with Gasteiger partial charge in [-0.2, -0.15) is 0 Å². The highest BCUT2D eigenvalue weighted by atomic mass is 35.5. The molecule has 114 valence electrons. The second-order valence-electron chi connectivity index (χ2n) is 5.48. The van der Waals surface area contributed by atoms with Crippen molar-refractivity contribution in [3.8, 4) is 0 Å². The van der Waals surface area contributed by atoms with Crippen molar-refractivity contribution in [2.24, 2.45) is 5.92 Å². The van der Waals surface area contributed by atoms with Crippen LogP contribution in [-0.4, -0.2) is 18.4 Å². The number of carbonyl (C=O) groups excluding carboxylic acids is 2. The average Bonchev–Trinajstić information content (AvgIpc) is 2.98. The average molecular weight is 309 g/mol. The molecule has 0 spiro atoms. The number of halogens is 1. The molecule has 0 saturated heterocycles. The zero-order chi connectivity index (χ0) is 15.2. The fourth-order valence-electron chi connectivity index (χ4n) is 2.59. The highest BCUT2D eigenvalue weighted by Gasteiger charge is 2.22. The van der Waals surface area contributed by atoms with Crippen LogP contribution in [0.2, 0.25) is 5.02 Å². The van der Waals surface area contributed by atoms with Gasteiger partial charge in [-0.15, -0.1) is 0 Å². The first-order valence-electron chi connectivity index (χ1n) is 7.40. The molecule has 0 atom stereocenters. The fourth-order valence-corrected chi connectivity index (χ4v) is 2.76. The summed E-state index contributed by atoms with van der Waals surface area (Å²) in [6, 6.07) is 5.40. The standard InChI is InChI=1S/C16H21ClN2O2/c1-11-13(17)7-4-8-14(11)19-15(20)9-10-18-16(21)12-5-2-3-6-12/h4,7-8,12H,2-3,5-6,9-10H2,1H3,(H,18,21)(H,19,20). The minimum absolute atomic E-state index is 0.0826. The Hall–Kier alpha value is -1.55. The lowest BCUT2D eigenvalue weighted by Crippen LogP contribution is -2.32. The number of amides is 2. The molecule has 2 amide bonds. The fraction of sp³-hybridized carbons (Fsp3) is 0.500. The van der Waals surface area contributed by atoms with Gasteiger partial charge >= 0.3 is 0 Å². The lowest BCUT2D eigenvalue weighted by molar-refractivity contribution is -0.124. The summed E-state index contributed by atoms with van der Waals surface area (Å²) in [6.07, 6.45) is 4.48. The van der Waals surface area contributed by atoms with Gasteiger partial charge in [-0.25, -0.2) is 0 Å². The number of hydrogen-bond acceptors (Lipinski definition) is 2. The van der Waals surface area contributed by atoms with Gasteiger partial charge in [0.05, 0.1) is 0 Å². The Balaban J connectivity index is 1.74. The smallest absolute Gasteiger partial charge is 0.226 e. The third-order valence-electron chi connectivity index (χ3n) is 3.92. The minimum Gasteiger partial charge on any atom is -0.355 e. The van der Waals surface area contributed by atoms with Gasteiger partial charge in [0.15, 0.2) is 0 Å². The van der Waals surface area contributed by atoms with Crippen molar-refractivity contribution in [3.63, 3.8) is 0 Å². The summed E-state index contributed by atoms with van der Waals surface area (Å²) >= 11 is 6.01. The molecule has 2 rings (SSSR count). The van der Waals surface area contributed by atoms with Crippen molar-refractivity contribution in [2.45, 2.75) is 39.0 Å². The van der Waals surface area contributed by atoms with Crippen molar-refractivity contribution in [1.29, 1.82) is 0 Å². The Morgan fingerprint density at radius 1 is 1.29 bits per heavy atom. The topological polar surface area (TPSA) is 58.2 Å². The zero-order valence-corrected chi connectivity index (χ0v) is 13.0. The number of hydrogen-bond donors (Lipinski definition) is 2. The summed E-state index contributed by atoms with van der Waals surface area (Å²) < 4.78 is 0. The molecular weight excluding hydrogens is 288 g/mol. The molecule has 1 aromatic carbocycles. The minimum atomic E-state index is -0.118. The highest BCUT2D eigenvalue weighted by Crippen LogP contribution is 2.24. The predicted octanol–water partition coefficient (Wildman–Crippen LogP) is 3.28. The second kappa shape index (κ2) is 7.46. The normalized spacial score (nSPS) is 15.0. The molecule has 4 nitrogen and oxygen atoms in total. The van der Waals surface area contributed by atoms with Crippen molar-refractivity contribution in [1.82, 2.24) is 5.32 Å². The molecular formula is C16H21ClN2O2. The maximum atomic E-state index is 11.9. The van der Waals surface area contributed by atoms with E-state index in [1.165, 1.54) is 0 Å². The molecule has 1 aliphatic rings. The monoisotopic (exact) mass is 308 g/mol. The molecule has 0 aromatic heterocycles. The molecule has 0 radical (unpaired) electrons. The first-order chi connectivity index (χ1) is 10.1. The molecule has 0 heterocycles. The molecule has 5 heteroatoms. The first-order valence-corrected chi connectivity index (χ1v) is 7.78. The van der Waals surface area contributed by atoms with Crippen molar-refractivity contribution < 1.29 is 9.59 Å². The Morgan fingerprint density at radius 3 is 2.71 bits per heavy atom. The van der Waals surface area contributed by atoms with E-state index in [2.05, 4.69) is 10.6 Å². The molecule has 21 heavy (non-hydrogen) atoms. The zero-order valence-electron chi connectivity index (χ0n) is 12.2. The number of benzene rings is 1. The molecule has 1 aliphatic carbocycles. The van der Waals surface area contributed by atoms with Crippen molar-refractivity contribution >= 4 is 29.1 Å². The van der Waals surface area contributed by atoms with Crippen LogP contribution in [0.5, 0.6) is 0 Å². The van der Waals surface area contributed by atoms with Gasteiger partial charge in [0.1, 0.15) is 0 Å². The maximum absolute atomic E-state index is 11.9. The summed E-state index contributed by atoms with van der Waals surface area (Å²) in [6.45, 7) is 2.24. The van der Waals surface area contributed by atoms with E-state index < -0.39 is 0 Å². The SMILES string of the molecule is Cc1c(Cl)cccc1NC(=O)CCNC(=O)C1CCCC1. The number of nitrogens with one attached hydrogen (secondary N) is 2. The first kappa shape index (κ1) is 15.8. The summed E-state index contributed by atoms with van der Waals surface area (Å²) in [4.78, 5) is 23.7. The van der Waals surface area contributed by atoms with E-state index >= 15 is 0 Å². The summed E-state index contributed by atoms with van der Waals surface area (Å²) in [5.41, 5.74) is 1.57. The third-order valence-corrected chi connectivity index (χ3v) is 4.33. The quantitative estimate of drug-likeness (QED) is 0.877. The predicted molar refractivity (Wildman–Crippen MR) is 84.4 cm³/mol. The van der Waals surface area contributed by atoms with Crippen molar-refractivity contribution in [2.75, 3.05) is 11.9 Å². The lowest BCUT2D eigenvalue weighted by Gasteiger charge is -2.11. The van der Waals surface area contributed by atoms with Gasteiger partial charge in [0, 0.05) is 29.6 Å². The van der Waals surface area contributed by atoms with Gasteiger partial charge in [-0.1, -0.05) is 30.5 Å². The second-order valence-corrected chi connectivity index (χ2v) is 5.89. The van der Waals surface area contributed by atoms with Crippen LogP contribution in [0.25, 0.3) is 0 Å². The molecule has 1 aromatic rings. The van der Waals surface area contributed by atoms with E-state index in [0.717, 1.165) is 36.9 Å². The Bertz CT molecular complexity index is 525. The van der Waals surface area contributed by atoms with Gasteiger partial charge in [0.2, 0.25) is 11.8 Å². The van der Waals surface area contributed by atoms with Crippen LogP contribution in [0, 0.1) is 12.8 Å². The van der Waals surface area contributed by atoms with Crippen LogP contribution < -0.4 is 10.6 Å². The molecule has 0 unspecified atom stereocenters. The van der Waals surface area contributed by atoms with Crippen LogP contribution in [0.15, 0.2) is 18.2 Å². The summed E-state index contributed by atoms with van der Waals surface area (Å²) in [7, 11) is 0. The molecule has 0 aliphatic heterocycles. The van der Waals surface area contributed by atoms with Crippen LogP contribution in [-0.2, 0) is 9.59 Å². The maximum Gasteiger partial charge on any atom is 0.226 e. The van der Waals surface area contributed by atoms with Crippen LogP contribution in [0.3, 0.4) is 0 Å². The van der Waals surface area contributed by atoms with Gasteiger partial charge in [-0.05, 0) is 37.5 Å². The van der Waals surface area contributed by atoms with Gasteiger partial charge < -0.3 is 10.6 Å². The van der Waals surface area contributed by atoms with Gasteiger partial charge in [-0.3, -0.25) is 9.59 Å². The van der Waals surface area contributed by atoms with E-state index in [-0.39, 0.29) is 24.2 Å². The Morgan fingerprint density at radius 2 is 2.00 bits per heavy atom. The molecule has 2 N–H and O–H groups in total. The summed E-state index contributed by atoms with van der Waals surface area (Å²) in [5, 5.41) is 6.29. The number of carbonyl (C=O) groups is 2. The van der Waals surface area contributed by atoms with E-state index in [0.29, 0.717) is 11.6 Å². The van der Waals surface area contributed by atoms with Crippen LogP contribution >= 0.6 is 11.6 Å². The third kappa shape index (κ3) is 4.46. The lowest BCUT2D eigenvalue weighted by atomic mass is 10.1. The largest absolute Gasteiger partial charge is 0.355 e.